The van der Waals surface area contributed by atoms with E-state index < -0.39 is 5.97 Å². The number of hydrogen-bond acceptors (Lipinski definition) is 2. The van der Waals surface area contributed by atoms with Gasteiger partial charge in [0.25, 0.3) is 0 Å². The third-order valence-corrected chi connectivity index (χ3v) is 2.64. The minimum atomic E-state index is -0.880. The van der Waals surface area contributed by atoms with Gasteiger partial charge < -0.3 is 10.4 Å². The molecule has 0 aromatic carbocycles. The Morgan fingerprint density at radius 1 is 1.31 bits per heavy atom. The van der Waals surface area contributed by atoms with E-state index in [0.29, 0.717) is 0 Å². The number of carboxylic acids is 1. The Morgan fingerprint density at radius 2 is 1.94 bits per heavy atom. The van der Waals surface area contributed by atoms with Crippen LogP contribution in [0.3, 0.4) is 0 Å². The van der Waals surface area contributed by atoms with Crippen LogP contribution >= 0.6 is 0 Å². The Morgan fingerprint density at radius 3 is 2.38 bits per heavy atom. The fourth-order valence-electron chi connectivity index (χ4n) is 1.64. The maximum atomic E-state index is 11.8. The Kier molecular flexibility index (Phi) is 7.60. The number of carboxylic acid groups (broad SMARTS) is 1. The maximum Gasteiger partial charge on any atom is 0.305 e. The summed E-state index contributed by atoms with van der Waals surface area (Å²) in [6.07, 6.45) is 3.80. The summed E-state index contributed by atoms with van der Waals surface area (Å²) in [6.45, 7) is 5.80. The molecule has 4 heteroatoms. The highest BCUT2D eigenvalue weighted by molar-refractivity contribution is 5.79. The van der Waals surface area contributed by atoms with Crippen LogP contribution in [0.4, 0.5) is 0 Å². The van der Waals surface area contributed by atoms with Gasteiger partial charge in [0, 0.05) is 12.0 Å². The number of carbonyl (C=O) groups excluding carboxylic acids is 1. The standard InChI is InChI=1S/C12H23NO3/c1-4-6-7-10(5-2)12(16)13-9(3)8-11(14)15/h9-10H,4-8H2,1-3H3,(H,13,16)(H,14,15)/t9-,10-/m1/s1. The van der Waals surface area contributed by atoms with Gasteiger partial charge in [-0.25, -0.2) is 0 Å². The molecule has 0 saturated carbocycles. The van der Waals surface area contributed by atoms with Gasteiger partial charge in [0.1, 0.15) is 0 Å². The summed E-state index contributed by atoms with van der Waals surface area (Å²) < 4.78 is 0. The number of aliphatic carboxylic acids is 1. The first-order valence-corrected chi connectivity index (χ1v) is 6.03. The van der Waals surface area contributed by atoms with E-state index in [4.69, 9.17) is 5.11 Å². The fraction of sp³-hybridized carbons (Fsp3) is 0.833. The third kappa shape index (κ3) is 6.43. The van der Waals surface area contributed by atoms with Crippen molar-refractivity contribution in [3.63, 3.8) is 0 Å². The fourth-order valence-corrected chi connectivity index (χ4v) is 1.64. The molecular formula is C12H23NO3. The SMILES string of the molecule is CCCC[C@@H](CC)C(=O)N[C@H](C)CC(=O)O. The summed E-state index contributed by atoms with van der Waals surface area (Å²) >= 11 is 0. The van der Waals surface area contributed by atoms with Gasteiger partial charge in [-0.1, -0.05) is 26.7 Å². The molecule has 0 rings (SSSR count). The van der Waals surface area contributed by atoms with E-state index in [1.807, 2.05) is 6.92 Å². The molecule has 0 radical (unpaired) electrons. The Bertz CT molecular complexity index is 228. The normalized spacial score (nSPS) is 14.2. The minimum absolute atomic E-state index is 0.00954. The van der Waals surface area contributed by atoms with Gasteiger partial charge in [0.2, 0.25) is 5.91 Å². The molecule has 0 bridgehead atoms. The molecule has 1 amide bonds. The van der Waals surface area contributed by atoms with Gasteiger partial charge in [-0.15, -0.1) is 0 Å². The summed E-state index contributed by atoms with van der Waals surface area (Å²) in [5.74, 6) is -0.865. The molecule has 16 heavy (non-hydrogen) atoms. The van der Waals surface area contributed by atoms with Gasteiger partial charge in [-0.3, -0.25) is 9.59 Å². The van der Waals surface area contributed by atoms with Crippen LogP contribution in [0.2, 0.25) is 0 Å². The van der Waals surface area contributed by atoms with Crippen molar-refractivity contribution in [1.29, 1.82) is 0 Å². The average Bonchev–Trinajstić information content (AvgIpc) is 2.17. The van der Waals surface area contributed by atoms with Gasteiger partial charge in [0.05, 0.1) is 6.42 Å². The summed E-state index contributed by atoms with van der Waals surface area (Å²) in [6, 6.07) is -0.291. The van der Waals surface area contributed by atoms with E-state index in [9.17, 15) is 9.59 Å². The second kappa shape index (κ2) is 8.13. The minimum Gasteiger partial charge on any atom is -0.481 e. The van der Waals surface area contributed by atoms with Crippen molar-refractivity contribution in [1.82, 2.24) is 5.32 Å². The lowest BCUT2D eigenvalue weighted by Crippen LogP contribution is -2.38. The lowest BCUT2D eigenvalue weighted by molar-refractivity contribution is -0.137. The number of unbranched alkanes of at least 4 members (excludes halogenated alkanes) is 1. The number of amides is 1. The van der Waals surface area contributed by atoms with E-state index >= 15 is 0 Å². The van der Waals surface area contributed by atoms with Crippen molar-refractivity contribution in [2.45, 2.75) is 58.9 Å². The number of rotatable bonds is 8. The van der Waals surface area contributed by atoms with E-state index in [0.717, 1.165) is 25.7 Å². The first kappa shape index (κ1) is 14.9. The smallest absolute Gasteiger partial charge is 0.305 e. The van der Waals surface area contributed by atoms with E-state index in [1.165, 1.54) is 0 Å². The van der Waals surface area contributed by atoms with Gasteiger partial charge >= 0.3 is 5.97 Å². The molecule has 0 unspecified atom stereocenters. The predicted molar refractivity (Wildman–Crippen MR) is 63.2 cm³/mol. The Hall–Kier alpha value is -1.06. The quantitative estimate of drug-likeness (QED) is 0.670. The van der Waals surface area contributed by atoms with Gasteiger partial charge in [0.15, 0.2) is 0 Å². The monoisotopic (exact) mass is 229 g/mol. The topological polar surface area (TPSA) is 66.4 Å². The first-order valence-electron chi connectivity index (χ1n) is 6.03. The third-order valence-electron chi connectivity index (χ3n) is 2.64. The molecule has 0 aliphatic heterocycles. The van der Waals surface area contributed by atoms with E-state index in [-0.39, 0.29) is 24.3 Å². The molecule has 0 heterocycles. The molecule has 2 atom stereocenters. The zero-order valence-electron chi connectivity index (χ0n) is 10.5. The van der Waals surface area contributed by atoms with E-state index in [1.54, 1.807) is 6.92 Å². The number of hydrogen-bond donors (Lipinski definition) is 2. The molecule has 94 valence electrons. The van der Waals surface area contributed by atoms with Crippen molar-refractivity contribution in [2.24, 2.45) is 5.92 Å². The highest BCUT2D eigenvalue weighted by Gasteiger charge is 2.18. The van der Waals surface area contributed by atoms with Crippen molar-refractivity contribution < 1.29 is 14.7 Å². The van der Waals surface area contributed by atoms with Crippen molar-refractivity contribution in [3.05, 3.63) is 0 Å². The molecule has 0 fully saturated rings. The summed E-state index contributed by atoms with van der Waals surface area (Å²) in [4.78, 5) is 22.2. The lowest BCUT2D eigenvalue weighted by atomic mass is 9.98. The van der Waals surface area contributed by atoms with Gasteiger partial charge in [-0.2, -0.15) is 0 Å². The Labute approximate surface area is 97.4 Å². The summed E-state index contributed by atoms with van der Waals surface area (Å²) in [5, 5.41) is 11.3. The predicted octanol–water partition coefficient (Wildman–Crippen LogP) is 2.18. The van der Waals surface area contributed by atoms with Crippen LogP contribution in [-0.4, -0.2) is 23.0 Å². The average molecular weight is 229 g/mol. The lowest BCUT2D eigenvalue weighted by Gasteiger charge is -2.18. The van der Waals surface area contributed by atoms with Crippen LogP contribution in [0.5, 0.6) is 0 Å². The van der Waals surface area contributed by atoms with Crippen molar-refractivity contribution in [3.8, 4) is 0 Å². The highest BCUT2D eigenvalue weighted by Crippen LogP contribution is 2.13. The molecule has 0 aromatic heterocycles. The molecule has 2 N–H and O–H groups in total. The summed E-state index contributed by atoms with van der Waals surface area (Å²) in [7, 11) is 0. The summed E-state index contributed by atoms with van der Waals surface area (Å²) in [5.41, 5.74) is 0. The molecule has 0 aliphatic rings. The molecule has 0 saturated heterocycles. The van der Waals surface area contributed by atoms with Crippen LogP contribution < -0.4 is 5.32 Å². The van der Waals surface area contributed by atoms with Crippen LogP contribution in [0.15, 0.2) is 0 Å². The van der Waals surface area contributed by atoms with E-state index in [2.05, 4.69) is 12.2 Å². The van der Waals surface area contributed by atoms with Crippen LogP contribution in [0.1, 0.15) is 52.9 Å². The molecule has 0 spiro atoms. The Balaban J connectivity index is 4.04. The van der Waals surface area contributed by atoms with Gasteiger partial charge in [-0.05, 0) is 19.8 Å². The molecular weight excluding hydrogens is 206 g/mol. The van der Waals surface area contributed by atoms with Crippen LogP contribution in [0, 0.1) is 5.92 Å². The largest absolute Gasteiger partial charge is 0.481 e. The van der Waals surface area contributed by atoms with Crippen LogP contribution in [0.25, 0.3) is 0 Å². The van der Waals surface area contributed by atoms with Crippen LogP contribution in [-0.2, 0) is 9.59 Å². The zero-order chi connectivity index (χ0) is 12.6. The molecule has 4 nitrogen and oxygen atoms in total. The zero-order valence-corrected chi connectivity index (χ0v) is 10.5. The van der Waals surface area contributed by atoms with Crippen molar-refractivity contribution >= 4 is 11.9 Å². The number of nitrogens with one attached hydrogen (secondary N) is 1. The molecule has 0 aliphatic carbocycles. The van der Waals surface area contributed by atoms with Crippen molar-refractivity contribution in [2.75, 3.05) is 0 Å². The first-order chi connectivity index (χ1) is 7.51. The maximum absolute atomic E-state index is 11.8. The number of carbonyl (C=O) groups is 2. The second-order valence-corrected chi connectivity index (χ2v) is 4.25. The second-order valence-electron chi connectivity index (χ2n) is 4.25. The highest BCUT2D eigenvalue weighted by atomic mass is 16.4. The molecule has 0 aromatic rings.